The maximum atomic E-state index is 13.1. The average Bonchev–Trinajstić information content (AvgIpc) is 2.54. The third-order valence-electron chi connectivity index (χ3n) is 3.01. The lowest BCUT2D eigenvalue weighted by atomic mass is 10.2. The largest absolute Gasteiger partial charge is 0.493 e. The highest BCUT2D eigenvalue weighted by Gasteiger charge is 2.11. The second kappa shape index (κ2) is 8.09. The molecule has 6 heteroatoms. The number of anilines is 1. The monoisotopic (exact) mass is 397 g/mol. The van der Waals surface area contributed by atoms with Gasteiger partial charge in [0, 0.05) is 12.2 Å². The highest BCUT2D eigenvalue weighted by molar-refractivity contribution is 9.10. The number of benzene rings is 2. The van der Waals surface area contributed by atoms with E-state index in [-0.39, 0.29) is 11.6 Å². The summed E-state index contributed by atoms with van der Waals surface area (Å²) in [7, 11) is 1.56. The summed E-state index contributed by atoms with van der Waals surface area (Å²) in [6.45, 7) is 0.660. The molecule has 0 atom stereocenters. The molecule has 1 N–H and O–H groups in total. The van der Waals surface area contributed by atoms with E-state index in [1.165, 1.54) is 12.1 Å². The first kappa shape index (κ1) is 17.5. The fourth-order valence-corrected chi connectivity index (χ4v) is 2.72. The first-order valence-corrected chi connectivity index (χ1v) is 7.84. The van der Waals surface area contributed by atoms with E-state index in [2.05, 4.69) is 27.2 Å². The summed E-state index contributed by atoms with van der Waals surface area (Å²) in [6, 6.07) is 8.21. The van der Waals surface area contributed by atoms with Crippen LogP contribution in [0.3, 0.4) is 0 Å². The zero-order chi connectivity index (χ0) is 16.8. The molecule has 0 amide bonds. The topological polar surface area (TPSA) is 30.5 Å². The van der Waals surface area contributed by atoms with E-state index in [0.29, 0.717) is 18.0 Å². The van der Waals surface area contributed by atoms with E-state index in [4.69, 9.17) is 27.5 Å². The van der Waals surface area contributed by atoms with Gasteiger partial charge in [-0.15, -0.1) is 6.42 Å². The summed E-state index contributed by atoms with van der Waals surface area (Å²) in [5.74, 6) is 3.09. The van der Waals surface area contributed by atoms with Gasteiger partial charge in [0.25, 0.3) is 0 Å². The Morgan fingerprint density at radius 3 is 2.78 bits per heavy atom. The predicted octanol–water partition coefficient (Wildman–Crippen LogP) is 4.87. The van der Waals surface area contributed by atoms with E-state index < -0.39 is 5.82 Å². The standard InChI is InChI=1S/C17H14BrClFNO2/c1-3-6-23-17-13(18)7-11(8-16(17)22-2)10-21-12-4-5-15(20)14(19)9-12/h1,4-5,7-9,21H,6,10H2,2H3. The molecule has 0 aliphatic heterocycles. The second-order valence-corrected chi connectivity index (χ2v) is 5.85. The number of hydrogen-bond donors (Lipinski definition) is 1. The lowest BCUT2D eigenvalue weighted by molar-refractivity contribution is 0.328. The van der Waals surface area contributed by atoms with Gasteiger partial charge in [0.05, 0.1) is 16.6 Å². The van der Waals surface area contributed by atoms with Gasteiger partial charge < -0.3 is 14.8 Å². The molecule has 0 saturated carbocycles. The molecule has 23 heavy (non-hydrogen) atoms. The maximum Gasteiger partial charge on any atom is 0.176 e. The van der Waals surface area contributed by atoms with Crippen molar-refractivity contribution >= 4 is 33.2 Å². The first-order valence-electron chi connectivity index (χ1n) is 6.66. The molecule has 120 valence electrons. The minimum atomic E-state index is -0.448. The Labute approximate surface area is 147 Å². The normalized spacial score (nSPS) is 10.0. The summed E-state index contributed by atoms with van der Waals surface area (Å²) in [5.41, 5.74) is 1.67. The number of ether oxygens (including phenoxy) is 2. The van der Waals surface area contributed by atoms with Crippen LogP contribution in [0.4, 0.5) is 10.1 Å². The lowest BCUT2D eigenvalue weighted by Gasteiger charge is -2.14. The number of halogens is 3. The Kier molecular flexibility index (Phi) is 6.14. The number of nitrogens with one attached hydrogen (secondary N) is 1. The smallest absolute Gasteiger partial charge is 0.176 e. The Balaban J connectivity index is 2.15. The molecule has 0 spiro atoms. The van der Waals surface area contributed by atoms with Gasteiger partial charge >= 0.3 is 0 Å². The number of terminal acetylenes is 1. The molecule has 0 aromatic heterocycles. The lowest BCUT2D eigenvalue weighted by Crippen LogP contribution is -2.03. The number of rotatable bonds is 6. The van der Waals surface area contributed by atoms with Gasteiger partial charge in [-0.05, 0) is 51.8 Å². The van der Waals surface area contributed by atoms with Gasteiger partial charge in [0.1, 0.15) is 12.4 Å². The molecule has 2 aromatic carbocycles. The van der Waals surface area contributed by atoms with Crippen LogP contribution < -0.4 is 14.8 Å². The van der Waals surface area contributed by atoms with Crippen molar-refractivity contribution in [1.29, 1.82) is 0 Å². The molecule has 0 saturated heterocycles. The van der Waals surface area contributed by atoms with Crippen molar-refractivity contribution in [3.05, 3.63) is 51.2 Å². The molecule has 0 radical (unpaired) electrons. The fourth-order valence-electron chi connectivity index (χ4n) is 1.94. The van der Waals surface area contributed by atoms with E-state index in [1.54, 1.807) is 13.2 Å². The number of methoxy groups -OCH3 is 1. The molecule has 0 unspecified atom stereocenters. The summed E-state index contributed by atoms with van der Waals surface area (Å²) >= 11 is 9.21. The van der Waals surface area contributed by atoms with Crippen LogP contribution in [0.2, 0.25) is 5.02 Å². The van der Waals surface area contributed by atoms with Crippen molar-refractivity contribution in [2.24, 2.45) is 0 Å². The SMILES string of the molecule is C#CCOc1c(Br)cc(CNc2ccc(F)c(Cl)c2)cc1OC. The quantitative estimate of drug-likeness (QED) is 0.704. The first-order chi connectivity index (χ1) is 11.0. The zero-order valence-corrected chi connectivity index (χ0v) is 14.7. The van der Waals surface area contributed by atoms with Crippen molar-refractivity contribution in [3.63, 3.8) is 0 Å². The van der Waals surface area contributed by atoms with Crippen molar-refractivity contribution < 1.29 is 13.9 Å². The molecule has 0 aliphatic carbocycles. The van der Waals surface area contributed by atoms with E-state index in [1.807, 2.05) is 12.1 Å². The van der Waals surface area contributed by atoms with Crippen LogP contribution >= 0.6 is 27.5 Å². The third kappa shape index (κ3) is 4.54. The summed E-state index contributed by atoms with van der Waals surface area (Å²) in [4.78, 5) is 0. The molecule has 0 fully saturated rings. The van der Waals surface area contributed by atoms with Gasteiger partial charge in [-0.1, -0.05) is 17.5 Å². The Hall–Kier alpha value is -1.90. The van der Waals surface area contributed by atoms with Gasteiger partial charge in [0.15, 0.2) is 11.5 Å². The minimum Gasteiger partial charge on any atom is -0.493 e. The Morgan fingerprint density at radius 1 is 1.35 bits per heavy atom. The van der Waals surface area contributed by atoms with Crippen LogP contribution in [-0.2, 0) is 6.54 Å². The maximum absolute atomic E-state index is 13.1. The minimum absolute atomic E-state index is 0.0757. The van der Waals surface area contributed by atoms with Crippen LogP contribution in [0.1, 0.15) is 5.56 Å². The molecular weight excluding hydrogens is 385 g/mol. The van der Waals surface area contributed by atoms with E-state index in [9.17, 15) is 4.39 Å². The van der Waals surface area contributed by atoms with Gasteiger partial charge in [0.2, 0.25) is 0 Å². The molecule has 0 bridgehead atoms. The van der Waals surface area contributed by atoms with E-state index >= 15 is 0 Å². The van der Waals surface area contributed by atoms with Crippen LogP contribution in [0, 0.1) is 18.2 Å². The molecule has 3 nitrogen and oxygen atoms in total. The van der Waals surface area contributed by atoms with Crippen molar-refractivity contribution in [2.45, 2.75) is 6.54 Å². The van der Waals surface area contributed by atoms with Crippen LogP contribution in [-0.4, -0.2) is 13.7 Å². The van der Waals surface area contributed by atoms with Crippen LogP contribution in [0.25, 0.3) is 0 Å². The summed E-state index contributed by atoms with van der Waals surface area (Å²) < 4.78 is 24.7. The molecule has 0 heterocycles. The molecule has 2 rings (SSSR count). The summed E-state index contributed by atoms with van der Waals surface area (Å²) in [6.07, 6.45) is 5.20. The number of hydrogen-bond acceptors (Lipinski definition) is 3. The predicted molar refractivity (Wildman–Crippen MR) is 93.8 cm³/mol. The van der Waals surface area contributed by atoms with Gasteiger partial charge in [-0.2, -0.15) is 0 Å². The fraction of sp³-hybridized carbons (Fsp3) is 0.176. The van der Waals surface area contributed by atoms with Crippen LogP contribution in [0.15, 0.2) is 34.8 Å². The van der Waals surface area contributed by atoms with Crippen molar-refractivity contribution in [1.82, 2.24) is 0 Å². The van der Waals surface area contributed by atoms with Gasteiger partial charge in [-0.3, -0.25) is 0 Å². The van der Waals surface area contributed by atoms with Crippen molar-refractivity contribution in [3.8, 4) is 23.8 Å². The second-order valence-electron chi connectivity index (χ2n) is 4.58. The average molecular weight is 399 g/mol. The molecule has 0 aliphatic rings. The summed E-state index contributed by atoms with van der Waals surface area (Å²) in [5, 5.41) is 3.25. The Morgan fingerprint density at radius 2 is 2.13 bits per heavy atom. The highest BCUT2D eigenvalue weighted by Crippen LogP contribution is 2.36. The molecule has 2 aromatic rings. The zero-order valence-electron chi connectivity index (χ0n) is 12.3. The van der Waals surface area contributed by atoms with Gasteiger partial charge in [-0.25, -0.2) is 4.39 Å². The third-order valence-corrected chi connectivity index (χ3v) is 3.88. The molecular formula is C17H14BrClFNO2. The Bertz CT molecular complexity index is 746. The van der Waals surface area contributed by atoms with Crippen molar-refractivity contribution in [2.75, 3.05) is 19.0 Å². The van der Waals surface area contributed by atoms with E-state index in [0.717, 1.165) is 15.7 Å². The van der Waals surface area contributed by atoms with Crippen LogP contribution in [0.5, 0.6) is 11.5 Å². The highest BCUT2D eigenvalue weighted by atomic mass is 79.9.